The molecule has 2 aliphatic rings. The van der Waals surface area contributed by atoms with Crippen molar-refractivity contribution in [1.29, 1.82) is 5.26 Å². The van der Waals surface area contributed by atoms with Gasteiger partial charge < -0.3 is 9.64 Å². The summed E-state index contributed by atoms with van der Waals surface area (Å²) in [6, 6.07) is 15.3. The lowest BCUT2D eigenvalue weighted by atomic mass is 9.89. The standard InChI is InChI=1S/C27H30Cl2N2O4S/c1-27(2,3)36(33,34)16-22(17-7-8-17)31-24(18-9-11-20(28)12-10-18)25(19-5-4-6-21(29)15-19)35-23(13-14-30)26(31)32/h4-6,9-12,15,17,22-25H,7-8,13,16H2,1-3H3/t22-,23+,24-,25-/m1/s1. The molecule has 1 saturated heterocycles. The molecule has 2 aromatic carbocycles. The minimum atomic E-state index is -3.55. The van der Waals surface area contributed by atoms with Gasteiger partial charge in [-0.2, -0.15) is 5.26 Å². The number of sulfone groups is 1. The molecule has 1 saturated carbocycles. The number of nitrogens with zero attached hydrogens (tertiary/aromatic N) is 2. The number of halogens is 2. The quantitative estimate of drug-likeness (QED) is 0.429. The summed E-state index contributed by atoms with van der Waals surface area (Å²) in [5.74, 6) is -0.462. The minimum Gasteiger partial charge on any atom is -0.357 e. The Morgan fingerprint density at radius 2 is 1.75 bits per heavy atom. The monoisotopic (exact) mass is 548 g/mol. The van der Waals surface area contributed by atoms with Crippen molar-refractivity contribution < 1.29 is 17.9 Å². The number of carbonyl (C=O) groups is 1. The summed E-state index contributed by atoms with van der Waals surface area (Å²) in [7, 11) is -3.55. The van der Waals surface area contributed by atoms with Crippen LogP contribution in [0, 0.1) is 17.2 Å². The molecule has 6 nitrogen and oxygen atoms in total. The fraction of sp³-hybridized carbons (Fsp3) is 0.481. The lowest BCUT2D eigenvalue weighted by molar-refractivity contribution is -0.178. The van der Waals surface area contributed by atoms with Crippen LogP contribution >= 0.6 is 23.2 Å². The first-order valence-corrected chi connectivity index (χ1v) is 14.4. The van der Waals surface area contributed by atoms with Crippen molar-refractivity contribution in [2.24, 2.45) is 5.92 Å². The van der Waals surface area contributed by atoms with Gasteiger partial charge in [0.05, 0.1) is 29.0 Å². The fourth-order valence-corrected chi connectivity index (χ4v) is 6.39. The van der Waals surface area contributed by atoms with E-state index in [-0.39, 0.29) is 24.0 Å². The average molecular weight is 550 g/mol. The molecule has 0 bridgehead atoms. The Hall–Kier alpha value is -2.11. The largest absolute Gasteiger partial charge is 0.357 e. The van der Waals surface area contributed by atoms with Crippen molar-refractivity contribution in [3.63, 3.8) is 0 Å². The third-order valence-corrected chi connectivity index (χ3v) is 10.1. The molecule has 36 heavy (non-hydrogen) atoms. The van der Waals surface area contributed by atoms with Crippen LogP contribution in [0.2, 0.25) is 10.0 Å². The van der Waals surface area contributed by atoms with Crippen LogP contribution in [0.3, 0.4) is 0 Å². The van der Waals surface area contributed by atoms with E-state index in [0.717, 1.165) is 24.0 Å². The van der Waals surface area contributed by atoms with E-state index in [0.29, 0.717) is 10.0 Å². The molecule has 1 amide bonds. The second-order valence-corrected chi connectivity index (χ2v) is 14.2. The van der Waals surface area contributed by atoms with Crippen molar-refractivity contribution in [2.75, 3.05) is 5.75 Å². The summed E-state index contributed by atoms with van der Waals surface area (Å²) in [6.45, 7) is 5.03. The Balaban J connectivity index is 1.89. The SMILES string of the molecule is CC(C)(C)S(=O)(=O)C[C@H](C1CC1)N1C(=O)[C@H](CC#N)O[C@H](c2cccc(Cl)c2)[C@H]1c1ccc(Cl)cc1. The van der Waals surface area contributed by atoms with Crippen LogP contribution in [0.1, 0.15) is 63.3 Å². The van der Waals surface area contributed by atoms with E-state index in [2.05, 4.69) is 6.07 Å². The number of morpholine rings is 1. The van der Waals surface area contributed by atoms with Crippen molar-refractivity contribution in [2.45, 2.75) is 69.1 Å². The van der Waals surface area contributed by atoms with Gasteiger partial charge >= 0.3 is 0 Å². The van der Waals surface area contributed by atoms with Crippen molar-refractivity contribution >= 4 is 38.9 Å². The van der Waals surface area contributed by atoms with E-state index < -0.39 is 38.9 Å². The van der Waals surface area contributed by atoms with Gasteiger partial charge in [-0.15, -0.1) is 0 Å². The molecular formula is C27H30Cl2N2O4S. The second kappa shape index (κ2) is 10.3. The first-order chi connectivity index (χ1) is 16.9. The highest BCUT2D eigenvalue weighted by molar-refractivity contribution is 7.92. The molecule has 0 spiro atoms. The zero-order valence-corrected chi connectivity index (χ0v) is 22.9. The van der Waals surface area contributed by atoms with E-state index in [1.54, 1.807) is 49.9 Å². The van der Waals surface area contributed by atoms with Crippen molar-refractivity contribution in [3.8, 4) is 6.07 Å². The Bertz CT molecular complexity index is 1260. The van der Waals surface area contributed by atoms with Crippen molar-refractivity contribution in [1.82, 2.24) is 4.90 Å². The van der Waals surface area contributed by atoms with Crippen LogP contribution in [0.25, 0.3) is 0 Å². The molecule has 192 valence electrons. The summed E-state index contributed by atoms with van der Waals surface area (Å²) in [5.41, 5.74) is 1.52. The minimum absolute atomic E-state index is 0.0572. The molecule has 0 radical (unpaired) electrons. The second-order valence-electron chi connectivity index (χ2n) is 10.5. The zero-order chi connectivity index (χ0) is 26.3. The molecule has 2 aromatic rings. The molecule has 1 aliphatic heterocycles. The van der Waals surface area contributed by atoms with Gasteiger partial charge in [0.15, 0.2) is 9.84 Å². The normalized spacial score (nSPS) is 23.8. The predicted octanol–water partition coefficient (Wildman–Crippen LogP) is 5.91. The maximum atomic E-state index is 13.9. The Labute approximate surface area is 223 Å². The van der Waals surface area contributed by atoms with Crippen molar-refractivity contribution in [3.05, 3.63) is 69.7 Å². The van der Waals surface area contributed by atoms with Gasteiger partial charge in [0, 0.05) is 16.1 Å². The third-order valence-electron chi connectivity index (χ3n) is 6.94. The lowest BCUT2D eigenvalue weighted by Crippen LogP contribution is -2.57. The summed E-state index contributed by atoms with van der Waals surface area (Å²) in [6.07, 6.45) is -0.121. The molecular weight excluding hydrogens is 519 g/mol. The number of amides is 1. The highest BCUT2D eigenvalue weighted by Gasteiger charge is 2.51. The third kappa shape index (κ3) is 5.57. The zero-order valence-electron chi connectivity index (χ0n) is 20.5. The smallest absolute Gasteiger partial charge is 0.253 e. The molecule has 9 heteroatoms. The number of hydrogen-bond donors (Lipinski definition) is 0. The Morgan fingerprint density at radius 1 is 1.08 bits per heavy atom. The van der Waals surface area contributed by atoms with E-state index in [1.807, 2.05) is 24.3 Å². The maximum absolute atomic E-state index is 13.9. The number of hydrogen-bond acceptors (Lipinski definition) is 5. The molecule has 1 aliphatic carbocycles. The van der Waals surface area contributed by atoms with Gasteiger partial charge in [0.1, 0.15) is 12.2 Å². The first kappa shape index (κ1) is 26.9. The van der Waals surface area contributed by atoms with E-state index in [4.69, 9.17) is 27.9 Å². The van der Waals surface area contributed by atoms with Crippen LogP contribution in [-0.4, -0.2) is 41.9 Å². The maximum Gasteiger partial charge on any atom is 0.253 e. The first-order valence-electron chi connectivity index (χ1n) is 12.0. The van der Waals surface area contributed by atoms with E-state index in [1.165, 1.54) is 0 Å². The number of carbonyl (C=O) groups excluding carboxylic acids is 1. The van der Waals surface area contributed by atoms with Crippen LogP contribution in [-0.2, 0) is 19.4 Å². The topological polar surface area (TPSA) is 87.5 Å². The van der Waals surface area contributed by atoms with Crippen LogP contribution < -0.4 is 0 Å². The molecule has 2 fully saturated rings. The van der Waals surface area contributed by atoms with Crippen LogP contribution in [0.4, 0.5) is 0 Å². The summed E-state index contributed by atoms with van der Waals surface area (Å²) >= 11 is 12.5. The number of ether oxygens (including phenoxy) is 1. The molecule has 0 aromatic heterocycles. The molecule has 0 N–H and O–H groups in total. The fourth-order valence-electron chi connectivity index (χ4n) is 4.69. The average Bonchev–Trinajstić information content (AvgIpc) is 3.64. The summed E-state index contributed by atoms with van der Waals surface area (Å²) < 4.78 is 32.1. The van der Waals surface area contributed by atoms with Gasteiger partial charge in [-0.05, 0) is 74.9 Å². The summed E-state index contributed by atoms with van der Waals surface area (Å²) in [5, 5.41) is 10.5. The van der Waals surface area contributed by atoms with Crippen LogP contribution in [0.5, 0.6) is 0 Å². The Morgan fingerprint density at radius 3 is 2.31 bits per heavy atom. The van der Waals surface area contributed by atoms with Gasteiger partial charge in [0.25, 0.3) is 5.91 Å². The molecule has 1 heterocycles. The highest BCUT2D eigenvalue weighted by atomic mass is 35.5. The van der Waals surface area contributed by atoms with Gasteiger partial charge in [-0.3, -0.25) is 4.79 Å². The highest BCUT2D eigenvalue weighted by Crippen LogP contribution is 2.48. The van der Waals surface area contributed by atoms with Gasteiger partial charge in [-0.1, -0.05) is 47.5 Å². The molecule has 4 atom stereocenters. The summed E-state index contributed by atoms with van der Waals surface area (Å²) in [4.78, 5) is 15.6. The van der Waals surface area contributed by atoms with E-state index >= 15 is 0 Å². The number of benzene rings is 2. The lowest BCUT2D eigenvalue weighted by Gasteiger charge is -2.48. The predicted molar refractivity (Wildman–Crippen MR) is 140 cm³/mol. The van der Waals surface area contributed by atoms with Gasteiger partial charge in [-0.25, -0.2) is 8.42 Å². The number of rotatable bonds is 7. The molecule has 4 rings (SSSR count). The molecule has 0 unspecified atom stereocenters. The Kier molecular flexibility index (Phi) is 7.73. The number of nitriles is 1. The van der Waals surface area contributed by atoms with Crippen LogP contribution in [0.15, 0.2) is 48.5 Å². The van der Waals surface area contributed by atoms with Gasteiger partial charge in [0.2, 0.25) is 0 Å². The van der Waals surface area contributed by atoms with E-state index in [9.17, 15) is 18.5 Å².